The molecular formula is C18H16Cl2N2O6. The number of azo groups is 1. The summed E-state index contributed by atoms with van der Waals surface area (Å²) in [6.07, 6.45) is 0. The van der Waals surface area contributed by atoms with Crippen LogP contribution in [0.3, 0.4) is 0 Å². The van der Waals surface area contributed by atoms with E-state index in [-0.39, 0.29) is 45.5 Å². The molecule has 0 aliphatic carbocycles. The fraction of sp³-hybridized carbons (Fsp3) is 0.222. The van der Waals surface area contributed by atoms with Crippen molar-refractivity contribution in [2.75, 3.05) is 28.4 Å². The molecule has 0 saturated carbocycles. The van der Waals surface area contributed by atoms with Gasteiger partial charge in [0.2, 0.25) is 0 Å². The van der Waals surface area contributed by atoms with Gasteiger partial charge in [-0.3, -0.25) is 9.59 Å². The van der Waals surface area contributed by atoms with Crippen molar-refractivity contribution in [3.63, 3.8) is 0 Å². The van der Waals surface area contributed by atoms with Crippen LogP contribution in [0.5, 0.6) is 23.0 Å². The molecule has 0 aromatic heterocycles. The van der Waals surface area contributed by atoms with Crippen LogP contribution in [-0.4, -0.2) is 38.9 Å². The highest BCUT2D eigenvalue weighted by atomic mass is 35.5. The lowest BCUT2D eigenvalue weighted by atomic mass is 10.2. The normalized spacial score (nSPS) is 10.6. The van der Waals surface area contributed by atoms with Gasteiger partial charge >= 0.3 is 0 Å². The number of methoxy groups -OCH3 is 4. The van der Waals surface area contributed by atoms with Crippen LogP contribution in [0.1, 0.15) is 20.7 Å². The van der Waals surface area contributed by atoms with E-state index < -0.39 is 10.5 Å². The van der Waals surface area contributed by atoms with Gasteiger partial charge in [0, 0.05) is 11.1 Å². The van der Waals surface area contributed by atoms with Crippen LogP contribution >= 0.6 is 23.2 Å². The summed E-state index contributed by atoms with van der Waals surface area (Å²) in [4.78, 5) is 22.9. The predicted octanol–water partition coefficient (Wildman–Crippen LogP) is 4.89. The van der Waals surface area contributed by atoms with Crippen LogP contribution in [0.4, 0.5) is 11.4 Å². The third kappa shape index (κ3) is 4.52. The van der Waals surface area contributed by atoms with Gasteiger partial charge in [0.05, 0.1) is 28.4 Å². The van der Waals surface area contributed by atoms with Gasteiger partial charge in [0.25, 0.3) is 10.5 Å². The second-order valence-corrected chi connectivity index (χ2v) is 5.89. The molecule has 8 nitrogen and oxygen atoms in total. The molecular weight excluding hydrogens is 411 g/mol. The van der Waals surface area contributed by atoms with E-state index >= 15 is 0 Å². The first-order valence-corrected chi connectivity index (χ1v) is 8.45. The Labute approximate surface area is 171 Å². The van der Waals surface area contributed by atoms with Gasteiger partial charge in [-0.25, -0.2) is 0 Å². The first-order valence-electron chi connectivity index (χ1n) is 7.69. The number of halogens is 2. The molecule has 0 aliphatic heterocycles. The fourth-order valence-corrected chi connectivity index (χ4v) is 2.53. The molecule has 0 amide bonds. The van der Waals surface area contributed by atoms with Crippen molar-refractivity contribution in [1.29, 1.82) is 0 Å². The summed E-state index contributed by atoms with van der Waals surface area (Å²) < 4.78 is 21.0. The number of carbonyl (C=O) groups excluding carboxylic acids is 2. The molecule has 28 heavy (non-hydrogen) atoms. The number of hydrogen-bond acceptors (Lipinski definition) is 8. The Morgan fingerprint density at radius 3 is 1.07 bits per heavy atom. The summed E-state index contributed by atoms with van der Waals surface area (Å²) in [6, 6.07) is 5.65. The molecule has 0 unspecified atom stereocenters. The smallest absolute Gasteiger partial charge is 0.252 e. The maximum atomic E-state index is 11.5. The predicted molar refractivity (Wildman–Crippen MR) is 104 cm³/mol. The van der Waals surface area contributed by atoms with Crippen molar-refractivity contribution in [2.24, 2.45) is 10.2 Å². The van der Waals surface area contributed by atoms with Crippen molar-refractivity contribution in [2.45, 2.75) is 0 Å². The Balaban J connectivity index is 2.62. The fourth-order valence-electron chi connectivity index (χ4n) is 2.31. The van der Waals surface area contributed by atoms with Crippen molar-refractivity contribution in [3.8, 4) is 23.0 Å². The Hall–Kier alpha value is -2.84. The lowest BCUT2D eigenvalue weighted by Gasteiger charge is -2.12. The summed E-state index contributed by atoms with van der Waals surface area (Å²) >= 11 is 11.1. The topological polar surface area (TPSA) is 95.8 Å². The number of nitrogens with zero attached hydrogens (tertiary/aromatic N) is 2. The van der Waals surface area contributed by atoms with E-state index in [4.69, 9.17) is 42.1 Å². The van der Waals surface area contributed by atoms with Crippen molar-refractivity contribution >= 4 is 45.1 Å². The Bertz CT molecular complexity index is 820. The van der Waals surface area contributed by atoms with Crippen LogP contribution in [0.25, 0.3) is 0 Å². The zero-order valence-electron chi connectivity index (χ0n) is 15.4. The second kappa shape index (κ2) is 9.38. The molecule has 10 heteroatoms. The van der Waals surface area contributed by atoms with E-state index in [1.807, 2.05) is 0 Å². The zero-order chi connectivity index (χ0) is 20.8. The van der Waals surface area contributed by atoms with Gasteiger partial charge in [0.1, 0.15) is 0 Å². The molecule has 0 aliphatic rings. The number of hydrogen-bond donors (Lipinski definition) is 0. The minimum Gasteiger partial charge on any atom is -0.494 e. The first-order chi connectivity index (χ1) is 13.4. The van der Waals surface area contributed by atoms with E-state index in [2.05, 4.69) is 10.2 Å². The van der Waals surface area contributed by atoms with Crippen molar-refractivity contribution < 1.29 is 28.5 Å². The van der Waals surface area contributed by atoms with Crippen molar-refractivity contribution in [1.82, 2.24) is 0 Å². The molecule has 0 fully saturated rings. The van der Waals surface area contributed by atoms with Crippen molar-refractivity contribution in [3.05, 3.63) is 35.4 Å². The number of rotatable bonds is 8. The van der Waals surface area contributed by atoms with E-state index in [1.54, 1.807) is 0 Å². The Morgan fingerprint density at radius 2 is 0.893 bits per heavy atom. The molecule has 2 aromatic carbocycles. The van der Waals surface area contributed by atoms with E-state index in [0.717, 1.165) is 0 Å². The van der Waals surface area contributed by atoms with Gasteiger partial charge in [0.15, 0.2) is 34.4 Å². The van der Waals surface area contributed by atoms with Gasteiger partial charge in [-0.15, -0.1) is 10.2 Å². The highest BCUT2D eigenvalue weighted by Crippen LogP contribution is 2.43. The molecule has 0 bridgehead atoms. The van der Waals surface area contributed by atoms with Gasteiger partial charge < -0.3 is 18.9 Å². The number of carbonyl (C=O) groups is 2. The van der Waals surface area contributed by atoms with Crippen LogP contribution in [-0.2, 0) is 0 Å². The van der Waals surface area contributed by atoms with Crippen LogP contribution in [0.15, 0.2) is 34.5 Å². The lowest BCUT2D eigenvalue weighted by Crippen LogP contribution is -1.96. The molecule has 0 radical (unpaired) electrons. The summed E-state index contributed by atoms with van der Waals surface area (Å²) in [5, 5.41) is 6.95. The first kappa shape index (κ1) is 21.5. The molecule has 0 heterocycles. The highest BCUT2D eigenvalue weighted by Gasteiger charge is 2.18. The van der Waals surface area contributed by atoms with Gasteiger partial charge in [-0.05, 0) is 47.5 Å². The highest BCUT2D eigenvalue weighted by molar-refractivity contribution is 6.68. The maximum Gasteiger partial charge on any atom is 0.252 e. The average molecular weight is 427 g/mol. The van der Waals surface area contributed by atoms with E-state index in [0.29, 0.717) is 0 Å². The number of ether oxygens (including phenoxy) is 4. The molecule has 0 atom stereocenters. The molecule has 0 saturated heterocycles. The summed E-state index contributed by atoms with van der Waals surface area (Å²) in [5.41, 5.74) is 0.783. The third-order valence-electron chi connectivity index (χ3n) is 3.66. The van der Waals surface area contributed by atoms with Gasteiger partial charge in [-0.2, -0.15) is 0 Å². The quantitative estimate of drug-likeness (QED) is 0.440. The minimum atomic E-state index is -0.676. The van der Waals surface area contributed by atoms with Crippen LogP contribution in [0.2, 0.25) is 0 Å². The Morgan fingerprint density at radius 1 is 0.643 bits per heavy atom. The monoisotopic (exact) mass is 426 g/mol. The van der Waals surface area contributed by atoms with Crippen LogP contribution in [0, 0.1) is 0 Å². The summed E-state index contributed by atoms with van der Waals surface area (Å²) in [5.74, 6) is 0.880. The summed E-state index contributed by atoms with van der Waals surface area (Å²) in [7, 11) is 5.60. The molecule has 148 valence electrons. The Kier molecular flexibility index (Phi) is 7.19. The van der Waals surface area contributed by atoms with E-state index in [1.165, 1.54) is 52.7 Å². The minimum absolute atomic E-state index is 0.175. The molecule has 0 spiro atoms. The largest absolute Gasteiger partial charge is 0.494 e. The molecule has 2 aromatic rings. The van der Waals surface area contributed by atoms with Gasteiger partial charge in [-0.1, -0.05) is 0 Å². The zero-order valence-corrected chi connectivity index (χ0v) is 16.9. The SMILES string of the molecule is COc1cc(C(=O)Cl)cc(OC)c1N=Nc1c(OC)cc(C(=O)Cl)cc1OC. The third-order valence-corrected chi connectivity index (χ3v) is 4.10. The van der Waals surface area contributed by atoms with Crippen LogP contribution < -0.4 is 18.9 Å². The second-order valence-electron chi connectivity index (χ2n) is 5.21. The maximum absolute atomic E-state index is 11.5. The summed E-state index contributed by atoms with van der Waals surface area (Å²) in [6.45, 7) is 0. The standard InChI is InChI=1S/C18H16Cl2N2O6/c1-25-11-5-9(17(19)23)6-12(26-2)15(11)21-22-16-13(27-3)7-10(18(20)24)8-14(16)28-4/h5-8H,1-4H3. The lowest BCUT2D eigenvalue weighted by molar-refractivity contribution is 0.107. The molecule has 0 N–H and O–H groups in total. The average Bonchev–Trinajstić information content (AvgIpc) is 2.70. The van der Waals surface area contributed by atoms with E-state index in [9.17, 15) is 9.59 Å². The molecule has 2 rings (SSSR count). The number of benzene rings is 2.